The van der Waals surface area contributed by atoms with Gasteiger partial charge < -0.3 is 25.5 Å². The minimum atomic E-state index is -0.990. The third-order valence-electron chi connectivity index (χ3n) is 3.67. The minimum absolute atomic E-state index is 0.190. The summed E-state index contributed by atoms with van der Waals surface area (Å²) in [7, 11) is 4.99. The van der Waals surface area contributed by atoms with Gasteiger partial charge in [-0.2, -0.15) is 0 Å². The summed E-state index contributed by atoms with van der Waals surface area (Å²) in [5.41, 5.74) is 0.285. The van der Waals surface area contributed by atoms with Gasteiger partial charge in [-0.3, -0.25) is 9.59 Å². The average Bonchev–Trinajstić information content (AvgIpc) is 2.98. The number of ether oxygens (including phenoxy) is 1. The van der Waals surface area contributed by atoms with Gasteiger partial charge in [-0.1, -0.05) is 6.08 Å². The van der Waals surface area contributed by atoms with Crippen molar-refractivity contribution in [1.82, 2.24) is 10.5 Å². The second-order valence-electron chi connectivity index (χ2n) is 5.36. The highest BCUT2D eigenvalue weighted by atomic mass is 16.5. The van der Waals surface area contributed by atoms with Gasteiger partial charge in [0.15, 0.2) is 0 Å². The molecule has 126 valence electrons. The van der Waals surface area contributed by atoms with E-state index < -0.39 is 24.0 Å². The standard InChI is InChI=1S/C14H21BN2O6/c1-8(19)16-13(9-2-3-10(6-9)14(21)22)11(4-5-18)23-7-12(20)17-15/h6,9,11,13,18H,2-5,7H2,1H3,(H,16,19)(H,17,20)(H,21,22)/t9?,11-,13-/m0/s1. The number of aliphatic hydroxyl groups excluding tert-OH is 1. The molecule has 9 heteroatoms. The first kappa shape index (κ1) is 19.2. The number of amides is 2. The van der Waals surface area contributed by atoms with E-state index in [1.807, 2.05) is 5.23 Å². The molecule has 2 radical (unpaired) electrons. The number of carboxylic acid groups (broad SMARTS) is 1. The Balaban J connectivity index is 2.89. The highest BCUT2D eigenvalue weighted by Crippen LogP contribution is 2.29. The predicted octanol–water partition coefficient (Wildman–Crippen LogP) is -1.12. The Labute approximate surface area is 135 Å². The number of rotatable bonds is 9. The van der Waals surface area contributed by atoms with Gasteiger partial charge in [0, 0.05) is 25.0 Å². The van der Waals surface area contributed by atoms with Crippen molar-refractivity contribution in [1.29, 1.82) is 0 Å². The largest absolute Gasteiger partial charge is 0.478 e. The minimum Gasteiger partial charge on any atom is -0.478 e. The maximum absolute atomic E-state index is 11.5. The fourth-order valence-electron chi connectivity index (χ4n) is 2.64. The lowest BCUT2D eigenvalue weighted by Crippen LogP contribution is -2.49. The molecule has 0 aromatic rings. The maximum Gasteiger partial charge on any atom is 0.331 e. The van der Waals surface area contributed by atoms with Crippen molar-refractivity contribution in [3.8, 4) is 0 Å². The molecular weight excluding hydrogens is 303 g/mol. The molecule has 1 aliphatic rings. The molecule has 3 atom stereocenters. The molecule has 0 aromatic carbocycles. The molecule has 2 amide bonds. The van der Waals surface area contributed by atoms with E-state index in [9.17, 15) is 19.5 Å². The molecule has 0 bridgehead atoms. The summed E-state index contributed by atoms with van der Waals surface area (Å²) in [6, 6.07) is -0.540. The zero-order chi connectivity index (χ0) is 17.4. The van der Waals surface area contributed by atoms with Crippen LogP contribution < -0.4 is 10.5 Å². The van der Waals surface area contributed by atoms with Crippen LogP contribution in [0.4, 0.5) is 0 Å². The second kappa shape index (κ2) is 9.31. The maximum atomic E-state index is 11.5. The van der Waals surface area contributed by atoms with Gasteiger partial charge in [0.05, 0.1) is 12.1 Å². The topological polar surface area (TPSA) is 125 Å². The van der Waals surface area contributed by atoms with Crippen LogP contribution in [0.2, 0.25) is 0 Å². The van der Waals surface area contributed by atoms with E-state index in [1.165, 1.54) is 6.92 Å². The predicted molar refractivity (Wildman–Crippen MR) is 81.4 cm³/mol. The summed E-state index contributed by atoms with van der Waals surface area (Å²) in [5, 5.41) is 22.9. The average molecular weight is 324 g/mol. The van der Waals surface area contributed by atoms with Crippen LogP contribution in [-0.4, -0.2) is 61.3 Å². The first-order valence-corrected chi connectivity index (χ1v) is 7.32. The van der Waals surface area contributed by atoms with Crippen molar-refractivity contribution in [2.45, 2.75) is 38.3 Å². The molecule has 0 saturated carbocycles. The molecule has 0 heterocycles. The van der Waals surface area contributed by atoms with E-state index in [0.717, 1.165) is 0 Å². The molecule has 1 unspecified atom stereocenters. The van der Waals surface area contributed by atoms with Crippen LogP contribution >= 0.6 is 0 Å². The summed E-state index contributed by atoms with van der Waals surface area (Å²) in [4.78, 5) is 33.7. The molecule has 0 saturated heterocycles. The number of hydrogen-bond acceptors (Lipinski definition) is 5. The van der Waals surface area contributed by atoms with Crippen molar-refractivity contribution in [3.05, 3.63) is 11.6 Å². The zero-order valence-corrected chi connectivity index (χ0v) is 12.9. The number of aliphatic hydroxyl groups is 1. The van der Waals surface area contributed by atoms with E-state index >= 15 is 0 Å². The molecule has 4 N–H and O–H groups in total. The molecule has 0 aromatic heterocycles. The second-order valence-corrected chi connectivity index (χ2v) is 5.36. The van der Waals surface area contributed by atoms with Crippen LogP contribution in [0.15, 0.2) is 11.6 Å². The number of carbonyl (C=O) groups is 3. The molecular formula is C14H21BN2O6. The third kappa shape index (κ3) is 6.03. The van der Waals surface area contributed by atoms with Crippen molar-refractivity contribution in [2.75, 3.05) is 13.2 Å². The first-order chi connectivity index (χ1) is 10.9. The van der Waals surface area contributed by atoms with Crippen molar-refractivity contribution >= 4 is 25.8 Å². The number of carbonyl (C=O) groups excluding carboxylic acids is 2. The normalized spacial score (nSPS) is 19.6. The Morgan fingerprint density at radius 2 is 2.17 bits per heavy atom. The van der Waals surface area contributed by atoms with E-state index in [0.29, 0.717) is 12.8 Å². The Morgan fingerprint density at radius 3 is 2.65 bits per heavy atom. The molecule has 1 rings (SSSR count). The Morgan fingerprint density at radius 1 is 1.48 bits per heavy atom. The summed E-state index contributed by atoms with van der Waals surface area (Å²) < 4.78 is 5.46. The highest BCUT2D eigenvalue weighted by molar-refractivity contribution is 6.14. The number of aliphatic carboxylic acids is 1. The van der Waals surface area contributed by atoms with Crippen molar-refractivity contribution < 1.29 is 29.3 Å². The summed E-state index contributed by atoms with van der Waals surface area (Å²) >= 11 is 0. The van der Waals surface area contributed by atoms with Gasteiger partial charge in [0.1, 0.15) is 6.61 Å². The lowest BCUT2D eigenvalue weighted by molar-refractivity contribution is -0.133. The van der Waals surface area contributed by atoms with Crippen LogP contribution in [-0.2, 0) is 19.1 Å². The Bertz CT molecular complexity index is 482. The monoisotopic (exact) mass is 324 g/mol. The van der Waals surface area contributed by atoms with Crippen LogP contribution in [0.3, 0.4) is 0 Å². The number of carboxylic acids is 1. The van der Waals surface area contributed by atoms with Crippen LogP contribution in [0.25, 0.3) is 0 Å². The van der Waals surface area contributed by atoms with Gasteiger partial charge in [0.25, 0.3) is 0 Å². The fourth-order valence-corrected chi connectivity index (χ4v) is 2.64. The molecule has 23 heavy (non-hydrogen) atoms. The first-order valence-electron chi connectivity index (χ1n) is 7.32. The quantitative estimate of drug-likeness (QED) is 0.398. The lowest BCUT2D eigenvalue weighted by Gasteiger charge is -2.31. The van der Waals surface area contributed by atoms with Crippen LogP contribution in [0.1, 0.15) is 26.2 Å². The summed E-state index contributed by atoms with van der Waals surface area (Å²) in [6.07, 6.45) is 2.08. The number of hydrogen-bond donors (Lipinski definition) is 4. The molecule has 0 spiro atoms. The Kier molecular flexibility index (Phi) is 7.77. The van der Waals surface area contributed by atoms with Crippen LogP contribution in [0, 0.1) is 5.92 Å². The summed E-state index contributed by atoms with van der Waals surface area (Å²) in [5.74, 6) is -2.08. The fraction of sp³-hybridized carbons (Fsp3) is 0.643. The van der Waals surface area contributed by atoms with E-state index in [4.69, 9.17) is 17.8 Å². The molecule has 8 nitrogen and oxygen atoms in total. The van der Waals surface area contributed by atoms with Gasteiger partial charge in [-0.25, -0.2) is 4.79 Å². The zero-order valence-electron chi connectivity index (χ0n) is 12.9. The third-order valence-corrected chi connectivity index (χ3v) is 3.67. The van der Waals surface area contributed by atoms with E-state index in [2.05, 4.69) is 5.32 Å². The van der Waals surface area contributed by atoms with Crippen molar-refractivity contribution in [2.24, 2.45) is 5.92 Å². The van der Waals surface area contributed by atoms with E-state index in [1.54, 1.807) is 6.08 Å². The highest BCUT2D eigenvalue weighted by Gasteiger charge is 2.34. The van der Waals surface area contributed by atoms with Crippen LogP contribution in [0.5, 0.6) is 0 Å². The molecule has 1 aliphatic carbocycles. The van der Waals surface area contributed by atoms with E-state index in [-0.39, 0.29) is 37.0 Å². The molecule has 0 aliphatic heterocycles. The van der Waals surface area contributed by atoms with Gasteiger partial charge in [-0.05, 0) is 19.3 Å². The summed E-state index contributed by atoms with van der Waals surface area (Å²) in [6.45, 7) is 0.819. The smallest absolute Gasteiger partial charge is 0.331 e. The number of nitrogens with one attached hydrogen (secondary N) is 2. The van der Waals surface area contributed by atoms with Gasteiger partial charge in [-0.15, -0.1) is 0 Å². The Hall–Kier alpha value is -1.87. The van der Waals surface area contributed by atoms with Gasteiger partial charge in [0.2, 0.25) is 19.8 Å². The lowest BCUT2D eigenvalue weighted by atomic mass is 9.92. The SMILES string of the molecule is [B]NC(=O)CO[C@@H](CCO)[C@@H](NC(C)=O)C1C=C(C(=O)O)CC1. The van der Waals surface area contributed by atoms with Crippen molar-refractivity contribution in [3.63, 3.8) is 0 Å². The molecule has 0 fully saturated rings. The van der Waals surface area contributed by atoms with Gasteiger partial charge >= 0.3 is 5.97 Å².